The van der Waals surface area contributed by atoms with Gasteiger partial charge in [-0.05, 0) is 37.6 Å². The molecule has 0 saturated carbocycles. The molecule has 236 valence electrons. The van der Waals surface area contributed by atoms with Crippen LogP contribution in [-0.2, 0) is 24.0 Å². The molecule has 20 heteroatoms. The average molecular weight is 694 g/mol. The number of thioether (sulfide) groups is 2. The number of fused-ring (bicyclic) bond motifs is 1. The van der Waals surface area contributed by atoms with E-state index in [1.54, 1.807) is 6.07 Å². The lowest BCUT2D eigenvalue weighted by atomic mass is 10.0. The van der Waals surface area contributed by atoms with E-state index in [-0.39, 0.29) is 39.5 Å². The minimum Gasteiger partial charge on any atom is -0.504 e. The first kappa shape index (κ1) is 32.0. The molecule has 0 bridgehead atoms. The van der Waals surface area contributed by atoms with E-state index in [9.17, 15) is 39.6 Å². The van der Waals surface area contributed by atoms with Crippen LogP contribution in [0.25, 0.3) is 10.6 Å². The Morgan fingerprint density at radius 1 is 1.22 bits per heavy atom. The Hall–Kier alpha value is -4.40. The zero-order chi connectivity index (χ0) is 32.6. The Morgan fingerprint density at radius 3 is 2.62 bits per heavy atom. The van der Waals surface area contributed by atoms with Gasteiger partial charge in [0.1, 0.15) is 27.8 Å². The normalized spacial score (nSPS) is 18.3. The van der Waals surface area contributed by atoms with Gasteiger partial charge in [0.25, 0.3) is 11.8 Å². The summed E-state index contributed by atoms with van der Waals surface area (Å²) in [6, 6.07) is 3.15. The number of phenols is 2. The quantitative estimate of drug-likeness (QED) is 0.0550. The first-order valence-electron chi connectivity index (χ1n) is 12.7. The van der Waals surface area contributed by atoms with Gasteiger partial charge in [0.2, 0.25) is 5.60 Å². The maximum atomic E-state index is 13.2. The summed E-state index contributed by atoms with van der Waals surface area (Å²) < 4.78 is 0.518. The van der Waals surface area contributed by atoms with Gasteiger partial charge in [-0.25, -0.2) is 14.6 Å². The number of benzene rings is 1. The number of oxime groups is 1. The molecule has 1 fully saturated rings. The van der Waals surface area contributed by atoms with Crippen LogP contribution in [0.4, 0.5) is 5.13 Å². The van der Waals surface area contributed by atoms with E-state index in [2.05, 4.69) is 25.7 Å². The fourth-order valence-electron chi connectivity index (χ4n) is 3.99. The highest BCUT2D eigenvalue weighted by Gasteiger charge is 2.54. The first-order valence-corrected chi connectivity index (χ1v) is 16.4. The number of aromatic nitrogens is 3. The average Bonchev–Trinajstić information content (AvgIpc) is 3.64. The molecule has 0 spiro atoms. The van der Waals surface area contributed by atoms with Crippen molar-refractivity contribution >= 4 is 80.8 Å². The van der Waals surface area contributed by atoms with Crippen LogP contribution >= 0.6 is 46.2 Å². The van der Waals surface area contributed by atoms with Crippen LogP contribution < -0.4 is 11.1 Å². The van der Waals surface area contributed by atoms with Crippen molar-refractivity contribution in [2.45, 2.75) is 35.2 Å². The lowest BCUT2D eigenvalue weighted by Crippen LogP contribution is -2.71. The Bertz CT molecular complexity index is 1770. The monoisotopic (exact) mass is 693 g/mol. The number of rotatable bonds is 11. The topological polar surface area (TPSA) is 251 Å². The number of aliphatic carboxylic acids is 2. The molecule has 2 aliphatic rings. The number of nitrogens with one attached hydrogen (secondary N) is 1. The Morgan fingerprint density at radius 2 is 1.98 bits per heavy atom. The molecule has 2 aliphatic heterocycles. The van der Waals surface area contributed by atoms with Crippen molar-refractivity contribution in [3.8, 4) is 22.1 Å². The number of β-lactam (4-membered cyclic amide) rings is 1. The van der Waals surface area contributed by atoms with Gasteiger partial charge in [0, 0.05) is 22.4 Å². The van der Waals surface area contributed by atoms with E-state index in [4.69, 9.17) is 10.6 Å². The standard InChI is InChI=1S/C25H23N7O9S4/c1-25(2,22(39)40)41-31-14(11-8-43-23(26)27-11)17(35)28-15-19(36)32-16(21(37)38)10(6-42-20(15)32)7-44-24-30-29-18(45-24)9-3-4-12(33)13(34)5-9/h3-5,8,15,20,33-34H,6-7H2,1-2H3,(H2,26,27)(H,28,35)(H,37,38)(H,39,40)/b31-14-/t15?,20-/m0/s1. The minimum atomic E-state index is -1.78. The van der Waals surface area contributed by atoms with E-state index in [0.717, 1.165) is 16.2 Å². The number of aromatic hydroxyl groups is 2. The van der Waals surface area contributed by atoms with E-state index in [1.807, 2.05) is 0 Å². The molecule has 3 aromatic rings. The number of nitrogens with two attached hydrogens (primary N) is 1. The van der Waals surface area contributed by atoms with Crippen LogP contribution in [0.15, 0.2) is 44.3 Å². The molecule has 16 nitrogen and oxygen atoms in total. The summed E-state index contributed by atoms with van der Waals surface area (Å²) in [5, 5.41) is 54.4. The fourth-order valence-corrected chi connectivity index (χ4v) is 7.87. The molecule has 0 aliphatic carbocycles. The third kappa shape index (κ3) is 6.53. The molecule has 0 radical (unpaired) electrons. The number of nitrogen functional groups attached to an aromatic ring is 1. The molecule has 1 aromatic carbocycles. The summed E-state index contributed by atoms with van der Waals surface area (Å²) in [6.45, 7) is 2.47. The Balaban J connectivity index is 1.29. The lowest BCUT2D eigenvalue weighted by Gasteiger charge is -2.49. The second-order valence-electron chi connectivity index (χ2n) is 9.90. The fraction of sp³-hybridized carbons (Fsp3) is 0.280. The maximum absolute atomic E-state index is 13.2. The predicted octanol–water partition coefficient (Wildman–Crippen LogP) is 1.77. The number of thiazole rings is 1. The van der Waals surface area contributed by atoms with Crippen LogP contribution in [0, 0.1) is 0 Å². The van der Waals surface area contributed by atoms with E-state index >= 15 is 0 Å². The van der Waals surface area contributed by atoms with Gasteiger partial charge in [-0.2, -0.15) is 0 Å². The summed E-state index contributed by atoms with van der Waals surface area (Å²) in [4.78, 5) is 60.4. The maximum Gasteiger partial charge on any atom is 0.352 e. The molecule has 1 saturated heterocycles. The Kier molecular flexibility index (Phi) is 8.92. The van der Waals surface area contributed by atoms with Crippen LogP contribution in [0.3, 0.4) is 0 Å². The van der Waals surface area contributed by atoms with Crippen molar-refractivity contribution in [2.75, 3.05) is 17.2 Å². The summed E-state index contributed by atoms with van der Waals surface area (Å²) >= 11 is 4.70. The van der Waals surface area contributed by atoms with Crippen LogP contribution in [-0.4, -0.2) is 98.5 Å². The number of carbonyl (C=O) groups excluding carboxylic acids is 2. The van der Waals surface area contributed by atoms with Crippen molar-refractivity contribution in [3.05, 3.63) is 40.5 Å². The second kappa shape index (κ2) is 12.5. The predicted molar refractivity (Wildman–Crippen MR) is 165 cm³/mol. The second-order valence-corrected chi connectivity index (χ2v) is 14.1. The number of phenolic OH excluding ortho intramolecular Hbond substituents is 2. The molecule has 5 rings (SSSR count). The summed E-state index contributed by atoms with van der Waals surface area (Å²) in [5.41, 5.74) is 4.32. The van der Waals surface area contributed by atoms with Gasteiger partial charge in [-0.3, -0.25) is 14.5 Å². The molecule has 7 N–H and O–H groups in total. The molecule has 1 unspecified atom stereocenters. The number of carboxylic acids is 2. The highest BCUT2D eigenvalue weighted by atomic mass is 32.2. The zero-order valence-corrected chi connectivity index (χ0v) is 26.4. The van der Waals surface area contributed by atoms with Gasteiger partial charge in [0.05, 0.1) is 0 Å². The number of anilines is 1. The number of carboxylic acid groups (broad SMARTS) is 2. The highest BCUT2D eigenvalue weighted by Crippen LogP contribution is 2.42. The van der Waals surface area contributed by atoms with Crippen LogP contribution in [0.2, 0.25) is 0 Å². The molecular weight excluding hydrogens is 671 g/mol. The molecule has 4 heterocycles. The number of nitrogens with zero attached hydrogens (tertiary/aromatic N) is 5. The summed E-state index contributed by atoms with van der Waals surface area (Å²) in [7, 11) is 0. The number of carbonyl (C=O) groups is 4. The Labute approximate surface area is 270 Å². The van der Waals surface area contributed by atoms with E-state index in [0.29, 0.717) is 20.5 Å². The molecule has 45 heavy (non-hydrogen) atoms. The highest BCUT2D eigenvalue weighted by molar-refractivity contribution is 8.01. The summed E-state index contributed by atoms with van der Waals surface area (Å²) in [5.74, 6) is -4.33. The van der Waals surface area contributed by atoms with E-state index < -0.39 is 46.5 Å². The van der Waals surface area contributed by atoms with Crippen molar-refractivity contribution in [2.24, 2.45) is 5.16 Å². The molecule has 2 amide bonds. The van der Waals surface area contributed by atoms with Crippen molar-refractivity contribution in [1.82, 2.24) is 25.4 Å². The zero-order valence-electron chi connectivity index (χ0n) is 23.2. The first-order chi connectivity index (χ1) is 21.3. The minimum absolute atomic E-state index is 0.00333. The van der Waals surface area contributed by atoms with Crippen molar-refractivity contribution < 1.29 is 44.4 Å². The van der Waals surface area contributed by atoms with E-state index in [1.165, 1.54) is 66.2 Å². The van der Waals surface area contributed by atoms with Crippen molar-refractivity contribution in [3.63, 3.8) is 0 Å². The van der Waals surface area contributed by atoms with Gasteiger partial charge < -0.3 is 36.3 Å². The molecule has 2 aromatic heterocycles. The third-order valence-electron chi connectivity index (χ3n) is 6.39. The third-order valence-corrected chi connectivity index (χ3v) is 10.6. The largest absolute Gasteiger partial charge is 0.504 e. The smallest absolute Gasteiger partial charge is 0.352 e. The lowest BCUT2D eigenvalue weighted by molar-refractivity contribution is -0.161. The van der Waals surface area contributed by atoms with Crippen LogP contribution in [0.1, 0.15) is 19.5 Å². The van der Waals surface area contributed by atoms with Crippen LogP contribution in [0.5, 0.6) is 11.5 Å². The SMILES string of the molecule is CC(C)(O/N=C(\C(=O)NC1C(=O)N2C(C(=O)O)=C(CSc3nnc(-c4ccc(O)c(O)c4)s3)CS[C@@H]12)c1csc(N)n1)C(=O)O. The van der Waals surface area contributed by atoms with Crippen molar-refractivity contribution in [1.29, 1.82) is 0 Å². The number of amides is 2. The number of hydrogen-bond donors (Lipinski definition) is 6. The molecule has 2 atom stereocenters. The van der Waals surface area contributed by atoms with Gasteiger partial charge in [-0.1, -0.05) is 28.3 Å². The number of hydrogen-bond acceptors (Lipinski definition) is 16. The summed E-state index contributed by atoms with van der Waals surface area (Å²) in [6.07, 6.45) is 0. The van der Waals surface area contributed by atoms with Gasteiger partial charge >= 0.3 is 11.9 Å². The van der Waals surface area contributed by atoms with Gasteiger partial charge in [0.15, 0.2) is 26.7 Å². The van der Waals surface area contributed by atoms with Gasteiger partial charge in [-0.15, -0.1) is 33.3 Å². The molecular formula is C25H23N7O9S4.